The van der Waals surface area contributed by atoms with Gasteiger partial charge in [-0.15, -0.1) is 11.8 Å². The molecule has 0 N–H and O–H groups in total. The van der Waals surface area contributed by atoms with Crippen LogP contribution in [-0.2, 0) is 0 Å². The van der Waals surface area contributed by atoms with Crippen LogP contribution < -0.4 is 10.6 Å². The van der Waals surface area contributed by atoms with Crippen molar-refractivity contribution in [3.8, 4) is 5.69 Å². The molecule has 0 saturated carbocycles. The first kappa shape index (κ1) is 23.0. The molecule has 3 aromatic rings. The van der Waals surface area contributed by atoms with E-state index < -0.39 is 11.5 Å². The predicted molar refractivity (Wildman–Crippen MR) is 129 cm³/mol. The molecule has 0 aliphatic carbocycles. The lowest BCUT2D eigenvalue weighted by Gasteiger charge is -2.38. The van der Waals surface area contributed by atoms with E-state index in [1.54, 1.807) is 6.20 Å². The standard InChI is InChI=1S/C23H27ClFN5OS/c1-12(2)18-19(17(32-5)8-9-26-18)30-22-15(10-16(25)20(24)27-22)21(28-23(30)31)29-11-13(3)6-7-14(29)4/h8-10,12-14H,6-7,11H2,1-5H3/t13-,14-/m0/s1. The summed E-state index contributed by atoms with van der Waals surface area (Å²) in [7, 11) is 0. The second kappa shape index (κ2) is 8.98. The molecule has 1 aliphatic heterocycles. The summed E-state index contributed by atoms with van der Waals surface area (Å²) in [5.74, 6) is 0.330. The predicted octanol–water partition coefficient (Wildman–Crippen LogP) is 5.44. The molecule has 0 bridgehead atoms. The number of rotatable bonds is 4. The van der Waals surface area contributed by atoms with Gasteiger partial charge >= 0.3 is 5.69 Å². The van der Waals surface area contributed by atoms with Gasteiger partial charge in [-0.05, 0) is 50.0 Å². The average Bonchev–Trinajstić information content (AvgIpc) is 2.76. The molecule has 0 spiro atoms. The fourth-order valence-electron chi connectivity index (χ4n) is 4.35. The molecule has 1 aliphatic rings. The first-order valence-electron chi connectivity index (χ1n) is 10.8. The maximum Gasteiger partial charge on any atom is 0.355 e. The van der Waals surface area contributed by atoms with Crippen LogP contribution in [0.4, 0.5) is 10.2 Å². The minimum absolute atomic E-state index is 0.0533. The maximum absolute atomic E-state index is 14.6. The summed E-state index contributed by atoms with van der Waals surface area (Å²) < 4.78 is 16.1. The zero-order valence-corrected chi connectivity index (χ0v) is 20.5. The summed E-state index contributed by atoms with van der Waals surface area (Å²) in [4.78, 5) is 29.9. The number of fused-ring (bicyclic) bond motifs is 1. The van der Waals surface area contributed by atoms with Crippen LogP contribution >= 0.6 is 23.4 Å². The molecule has 4 rings (SSSR count). The van der Waals surface area contributed by atoms with Gasteiger partial charge in [0.15, 0.2) is 16.6 Å². The smallest absolute Gasteiger partial charge is 0.353 e. The largest absolute Gasteiger partial charge is 0.355 e. The van der Waals surface area contributed by atoms with Crippen molar-refractivity contribution in [1.29, 1.82) is 0 Å². The van der Waals surface area contributed by atoms with E-state index in [0.29, 0.717) is 28.5 Å². The molecule has 0 unspecified atom stereocenters. The Kier molecular flexibility index (Phi) is 6.45. The highest BCUT2D eigenvalue weighted by Gasteiger charge is 2.29. The molecule has 0 aromatic carbocycles. The van der Waals surface area contributed by atoms with Crippen LogP contribution in [0, 0.1) is 11.7 Å². The van der Waals surface area contributed by atoms with Gasteiger partial charge in [-0.3, -0.25) is 4.98 Å². The third-order valence-electron chi connectivity index (χ3n) is 6.05. The third kappa shape index (κ3) is 3.99. The number of aromatic nitrogens is 4. The molecule has 2 atom stereocenters. The monoisotopic (exact) mass is 475 g/mol. The molecule has 170 valence electrons. The molecule has 0 radical (unpaired) electrons. The lowest BCUT2D eigenvalue weighted by Crippen LogP contribution is -2.43. The summed E-state index contributed by atoms with van der Waals surface area (Å²) >= 11 is 7.62. The Morgan fingerprint density at radius 1 is 1.25 bits per heavy atom. The van der Waals surface area contributed by atoms with Gasteiger partial charge in [0.05, 0.1) is 16.8 Å². The molecule has 1 fully saturated rings. The second-order valence-corrected chi connectivity index (χ2v) is 9.98. The number of hydrogen-bond donors (Lipinski definition) is 0. The Bertz CT molecular complexity index is 1230. The molecule has 1 saturated heterocycles. The van der Waals surface area contributed by atoms with E-state index in [-0.39, 0.29) is 17.1 Å². The van der Waals surface area contributed by atoms with Crippen molar-refractivity contribution < 1.29 is 4.39 Å². The van der Waals surface area contributed by atoms with E-state index in [2.05, 4.69) is 33.7 Å². The lowest BCUT2D eigenvalue weighted by molar-refractivity contribution is 0.388. The van der Waals surface area contributed by atoms with E-state index in [4.69, 9.17) is 11.6 Å². The van der Waals surface area contributed by atoms with Gasteiger partial charge in [0.1, 0.15) is 5.82 Å². The van der Waals surface area contributed by atoms with Gasteiger partial charge in [0.25, 0.3) is 0 Å². The number of thioether (sulfide) groups is 1. The zero-order chi connectivity index (χ0) is 23.2. The highest BCUT2D eigenvalue weighted by atomic mass is 35.5. The molecule has 9 heteroatoms. The topological polar surface area (TPSA) is 63.9 Å². The second-order valence-electron chi connectivity index (χ2n) is 8.77. The van der Waals surface area contributed by atoms with Crippen molar-refractivity contribution in [2.75, 3.05) is 17.7 Å². The Labute approximate surface area is 196 Å². The summed E-state index contributed by atoms with van der Waals surface area (Å²) in [5.41, 5.74) is 1.19. The van der Waals surface area contributed by atoms with Crippen LogP contribution in [0.25, 0.3) is 16.7 Å². The van der Waals surface area contributed by atoms with Crippen molar-refractivity contribution in [1.82, 2.24) is 19.5 Å². The molecule has 32 heavy (non-hydrogen) atoms. The van der Waals surface area contributed by atoms with Crippen LogP contribution in [0.1, 0.15) is 52.1 Å². The number of pyridine rings is 2. The SMILES string of the molecule is CSc1ccnc(C(C)C)c1-n1c(=O)nc(N2C[C@@H](C)CC[C@@H]2C)c2cc(F)c(Cl)nc21. The fourth-order valence-corrected chi connectivity index (χ4v) is 5.07. The Hall–Kier alpha value is -2.19. The summed E-state index contributed by atoms with van der Waals surface area (Å²) in [6.45, 7) is 9.06. The Balaban J connectivity index is 2.09. The van der Waals surface area contributed by atoms with Crippen LogP contribution in [0.5, 0.6) is 0 Å². The van der Waals surface area contributed by atoms with Crippen molar-refractivity contribution in [3.05, 3.63) is 45.5 Å². The van der Waals surface area contributed by atoms with E-state index in [9.17, 15) is 9.18 Å². The molecule has 6 nitrogen and oxygen atoms in total. The van der Waals surface area contributed by atoms with Gasteiger partial charge in [0, 0.05) is 23.7 Å². The van der Waals surface area contributed by atoms with Crippen molar-refractivity contribution in [2.24, 2.45) is 5.92 Å². The first-order valence-corrected chi connectivity index (χ1v) is 12.4. The van der Waals surface area contributed by atoms with Crippen molar-refractivity contribution >= 4 is 40.2 Å². The molecule has 0 amide bonds. The normalized spacial score (nSPS) is 19.2. The van der Waals surface area contributed by atoms with Gasteiger partial charge in [-0.1, -0.05) is 32.4 Å². The van der Waals surface area contributed by atoms with Gasteiger partial charge < -0.3 is 4.90 Å². The number of halogens is 2. The number of piperidine rings is 1. The van der Waals surface area contributed by atoms with Crippen LogP contribution in [-0.4, -0.2) is 38.4 Å². The first-order chi connectivity index (χ1) is 15.2. The molecular weight excluding hydrogens is 449 g/mol. The summed E-state index contributed by atoms with van der Waals surface area (Å²) in [6.07, 6.45) is 5.76. The quantitative estimate of drug-likeness (QED) is 0.370. The van der Waals surface area contributed by atoms with E-state index in [1.165, 1.54) is 22.4 Å². The van der Waals surface area contributed by atoms with Gasteiger partial charge in [-0.25, -0.2) is 18.7 Å². The van der Waals surface area contributed by atoms with Crippen LogP contribution in [0.15, 0.2) is 28.0 Å². The third-order valence-corrected chi connectivity index (χ3v) is 7.09. The zero-order valence-electron chi connectivity index (χ0n) is 18.9. The van der Waals surface area contributed by atoms with Gasteiger partial charge in [-0.2, -0.15) is 4.98 Å². The van der Waals surface area contributed by atoms with E-state index in [1.807, 2.05) is 26.2 Å². The number of hydrogen-bond acceptors (Lipinski definition) is 6. The summed E-state index contributed by atoms with van der Waals surface area (Å²) in [6, 6.07) is 3.39. The highest BCUT2D eigenvalue weighted by Crippen LogP contribution is 2.35. The Morgan fingerprint density at radius 3 is 2.69 bits per heavy atom. The van der Waals surface area contributed by atoms with E-state index in [0.717, 1.165) is 30.0 Å². The van der Waals surface area contributed by atoms with Crippen molar-refractivity contribution in [2.45, 2.75) is 57.4 Å². The van der Waals surface area contributed by atoms with Gasteiger partial charge in [0.2, 0.25) is 0 Å². The molecule has 4 heterocycles. The Morgan fingerprint density at radius 2 is 2.00 bits per heavy atom. The average molecular weight is 476 g/mol. The molecular formula is C23H27ClFN5OS. The lowest BCUT2D eigenvalue weighted by atomic mass is 9.95. The molecule has 3 aromatic heterocycles. The summed E-state index contributed by atoms with van der Waals surface area (Å²) in [5, 5.41) is 0.196. The maximum atomic E-state index is 14.6. The minimum Gasteiger partial charge on any atom is -0.353 e. The minimum atomic E-state index is -0.634. The number of anilines is 1. The van der Waals surface area contributed by atoms with Crippen LogP contribution in [0.2, 0.25) is 5.15 Å². The van der Waals surface area contributed by atoms with Crippen LogP contribution in [0.3, 0.4) is 0 Å². The fraction of sp³-hybridized carbons (Fsp3) is 0.478. The highest BCUT2D eigenvalue weighted by molar-refractivity contribution is 7.98. The van der Waals surface area contributed by atoms with E-state index >= 15 is 0 Å². The number of nitrogens with zero attached hydrogens (tertiary/aromatic N) is 5. The van der Waals surface area contributed by atoms with Crippen molar-refractivity contribution in [3.63, 3.8) is 0 Å².